The molecule has 0 unspecified atom stereocenters. The Hall–Kier alpha value is -2.59. The molecule has 29 heavy (non-hydrogen) atoms. The summed E-state index contributed by atoms with van der Waals surface area (Å²) in [4.78, 5) is 10.8. The molecule has 2 aromatic rings. The highest BCUT2D eigenvalue weighted by Gasteiger charge is 2.49. The van der Waals surface area contributed by atoms with E-state index in [4.69, 9.17) is 11.0 Å². The quantitative estimate of drug-likeness (QED) is 0.489. The first-order valence-corrected chi connectivity index (χ1v) is 9.86. The van der Waals surface area contributed by atoms with Crippen molar-refractivity contribution in [3.8, 4) is 6.07 Å². The van der Waals surface area contributed by atoms with Crippen LogP contribution in [0, 0.1) is 17.1 Å². The van der Waals surface area contributed by atoms with Crippen molar-refractivity contribution in [3.05, 3.63) is 45.9 Å². The van der Waals surface area contributed by atoms with E-state index in [1.807, 2.05) is 0 Å². The first-order chi connectivity index (χ1) is 13.3. The zero-order valence-electron chi connectivity index (χ0n) is 14.8. The SMILES string of the molecule is Cn1cc(S(=O)(=O)N(c2ccc(F)c(C#N)c2)[C@](C)(F)C(F)F)c(Br)c1C(N)=O. The van der Waals surface area contributed by atoms with Crippen molar-refractivity contribution >= 4 is 37.5 Å². The van der Waals surface area contributed by atoms with Crippen molar-refractivity contribution in [1.82, 2.24) is 4.57 Å². The topological polar surface area (TPSA) is 109 Å². The predicted octanol–water partition coefficient (Wildman–Crippen LogP) is 3.04. The molecule has 2 rings (SSSR count). The number of nitrogens with two attached hydrogens (primary N) is 1. The molecule has 1 aromatic carbocycles. The third-order valence-electron chi connectivity index (χ3n) is 3.94. The number of anilines is 1. The number of nitriles is 1. The molecule has 1 atom stereocenters. The van der Waals surface area contributed by atoms with Crippen molar-refractivity contribution in [1.29, 1.82) is 5.26 Å². The molecule has 0 radical (unpaired) electrons. The molecule has 1 heterocycles. The predicted molar refractivity (Wildman–Crippen MR) is 97.9 cm³/mol. The number of carbonyl (C=O) groups is 1. The van der Waals surface area contributed by atoms with Crippen LogP contribution in [0.4, 0.5) is 23.2 Å². The van der Waals surface area contributed by atoms with Crippen LogP contribution in [0.25, 0.3) is 0 Å². The van der Waals surface area contributed by atoms with Gasteiger partial charge in [-0.15, -0.1) is 0 Å². The maximum Gasteiger partial charge on any atom is 0.291 e. The Kier molecular flexibility index (Phi) is 6.01. The first-order valence-electron chi connectivity index (χ1n) is 7.63. The zero-order valence-corrected chi connectivity index (χ0v) is 17.2. The number of sulfonamides is 1. The van der Waals surface area contributed by atoms with Gasteiger partial charge in [0.15, 0.2) is 0 Å². The number of nitrogens with zero attached hydrogens (tertiary/aromatic N) is 3. The lowest BCUT2D eigenvalue weighted by Gasteiger charge is -2.34. The van der Waals surface area contributed by atoms with Gasteiger partial charge in [-0.1, -0.05) is 0 Å². The van der Waals surface area contributed by atoms with Gasteiger partial charge in [0.1, 0.15) is 22.5 Å². The van der Waals surface area contributed by atoms with Crippen LogP contribution in [-0.4, -0.2) is 31.1 Å². The van der Waals surface area contributed by atoms with Crippen LogP contribution in [0.15, 0.2) is 33.8 Å². The van der Waals surface area contributed by atoms with Gasteiger partial charge in [0.25, 0.3) is 28.1 Å². The third-order valence-corrected chi connectivity index (χ3v) is 6.92. The van der Waals surface area contributed by atoms with E-state index in [9.17, 15) is 30.8 Å². The molecule has 0 fully saturated rings. The minimum Gasteiger partial charge on any atom is -0.364 e. The second-order valence-electron chi connectivity index (χ2n) is 6.00. The summed E-state index contributed by atoms with van der Waals surface area (Å²) < 4.78 is 82.2. The molecule has 2 N–H and O–H groups in total. The summed E-state index contributed by atoms with van der Waals surface area (Å²) in [6.45, 7) is 0.316. The normalized spacial score (nSPS) is 13.8. The van der Waals surface area contributed by atoms with E-state index < -0.39 is 50.1 Å². The van der Waals surface area contributed by atoms with E-state index in [1.54, 1.807) is 0 Å². The summed E-state index contributed by atoms with van der Waals surface area (Å²) in [6, 6.07) is 3.43. The van der Waals surface area contributed by atoms with Crippen molar-refractivity contribution in [2.45, 2.75) is 24.0 Å². The molecule has 0 aliphatic rings. The standard InChI is InChI=1S/C16H13BrF4N4O3S/c1-16(21,15(19)20)25(9-3-4-10(18)8(5-9)6-22)29(27,28)11-7-24(2)13(12(11)17)14(23)26/h3-5,7,15H,1-2H3,(H2,23,26)/t16-/m0/s1. The highest BCUT2D eigenvalue weighted by molar-refractivity contribution is 9.10. The zero-order chi connectivity index (χ0) is 22.3. The molecular weight excluding hydrogens is 484 g/mol. The van der Waals surface area contributed by atoms with Crippen LogP contribution in [-0.2, 0) is 17.1 Å². The maximum atomic E-state index is 15.0. The molecule has 0 aliphatic carbocycles. The average molecular weight is 497 g/mol. The highest BCUT2D eigenvalue weighted by atomic mass is 79.9. The summed E-state index contributed by atoms with van der Waals surface area (Å²) in [7, 11) is -3.82. The number of carbonyl (C=O) groups excluding carboxylic acids is 1. The summed E-state index contributed by atoms with van der Waals surface area (Å²) in [5.74, 6) is -5.87. The van der Waals surface area contributed by atoms with Crippen LogP contribution in [0.3, 0.4) is 0 Å². The molecule has 0 spiro atoms. The number of rotatable bonds is 6. The molecule has 0 saturated heterocycles. The van der Waals surface area contributed by atoms with Gasteiger partial charge in [-0.3, -0.25) is 4.79 Å². The van der Waals surface area contributed by atoms with Crippen molar-refractivity contribution < 1.29 is 30.8 Å². The first kappa shape index (κ1) is 22.7. The van der Waals surface area contributed by atoms with Crippen molar-refractivity contribution in [3.63, 3.8) is 0 Å². The number of hydrogen-bond donors (Lipinski definition) is 1. The smallest absolute Gasteiger partial charge is 0.291 e. The Morgan fingerprint density at radius 2 is 2.00 bits per heavy atom. The monoisotopic (exact) mass is 496 g/mol. The Bertz CT molecular complexity index is 1130. The van der Waals surface area contributed by atoms with E-state index in [-0.39, 0.29) is 14.5 Å². The van der Waals surface area contributed by atoms with Gasteiger partial charge >= 0.3 is 0 Å². The van der Waals surface area contributed by atoms with Gasteiger partial charge in [-0.2, -0.15) is 5.26 Å². The Morgan fingerprint density at radius 3 is 2.45 bits per heavy atom. The van der Waals surface area contributed by atoms with Gasteiger partial charge in [0.2, 0.25) is 0 Å². The number of alkyl halides is 3. The second-order valence-corrected chi connectivity index (χ2v) is 8.55. The molecule has 0 aliphatic heterocycles. The van der Waals surface area contributed by atoms with Gasteiger partial charge in [-0.25, -0.2) is 30.3 Å². The second kappa shape index (κ2) is 7.68. The van der Waals surface area contributed by atoms with E-state index in [2.05, 4.69) is 15.9 Å². The molecule has 0 saturated carbocycles. The van der Waals surface area contributed by atoms with Gasteiger partial charge in [0.05, 0.1) is 15.7 Å². The van der Waals surface area contributed by atoms with Crippen molar-refractivity contribution in [2.75, 3.05) is 4.31 Å². The van der Waals surface area contributed by atoms with Gasteiger partial charge in [0, 0.05) is 13.2 Å². The summed E-state index contributed by atoms with van der Waals surface area (Å²) >= 11 is 2.87. The fourth-order valence-electron chi connectivity index (χ4n) is 2.57. The third kappa shape index (κ3) is 3.82. The van der Waals surface area contributed by atoms with Gasteiger partial charge < -0.3 is 10.3 Å². The average Bonchev–Trinajstić information content (AvgIpc) is 2.91. The lowest BCUT2D eigenvalue weighted by Crippen LogP contribution is -2.51. The molecule has 0 bridgehead atoms. The molecule has 7 nitrogen and oxygen atoms in total. The number of halogens is 5. The molecular formula is C16H13BrF4N4O3S. The van der Waals surface area contributed by atoms with Crippen LogP contribution < -0.4 is 10.0 Å². The lowest BCUT2D eigenvalue weighted by molar-refractivity contribution is -0.0135. The Labute approximate surface area is 171 Å². The minimum absolute atomic E-state index is 0.268. The summed E-state index contributed by atoms with van der Waals surface area (Å²) in [5, 5.41) is 8.94. The molecule has 156 valence electrons. The van der Waals surface area contributed by atoms with E-state index in [0.29, 0.717) is 19.1 Å². The fourth-order valence-corrected chi connectivity index (χ4v) is 5.51. The van der Waals surface area contributed by atoms with E-state index >= 15 is 0 Å². The van der Waals surface area contributed by atoms with Crippen LogP contribution in [0.2, 0.25) is 0 Å². The molecule has 13 heteroatoms. The minimum atomic E-state index is -5.09. The number of benzene rings is 1. The van der Waals surface area contributed by atoms with Crippen LogP contribution >= 0.6 is 15.9 Å². The van der Waals surface area contributed by atoms with Crippen LogP contribution in [0.1, 0.15) is 23.0 Å². The number of aromatic nitrogens is 1. The van der Waals surface area contributed by atoms with E-state index in [0.717, 1.165) is 16.8 Å². The van der Waals surface area contributed by atoms with Crippen LogP contribution in [0.5, 0.6) is 0 Å². The number of primary amides is 1. The molecule has 1 aromatic heterocycles. The largest absolute Gasteiger partial charge is 0.364 e. The molecule has 1 amide bonds. The summed E-state index contributed by atoms with van der Waals surface area (Å²) in [6.07, 6.45) is -2.94. The number of hydrogen-bond acceptors (Lipinski definition) is 4. The lowest BCUT2D eigenvalue weighted by atomic mass is 10.2. The van der Waals surface area contributed by atoms with Gasteiger partial charge in [-0.05, 0) is 41.1 Å². The summed E-state index contributed by atoms with van der Waals surface area (Å²) in [5.41, 5.74) is 3.47. The Morgan fingerprint density at radius 1 is 1.41 bits per heavy atom. The Balaban J connectivity index is 2.85. The fraction of sp³-hybridized carbons (Fsp3) is 0.250. The number of amides is 1. The van der Waals surface area contributed by atoms with Crippen molar-refractivity contribution in [2.24, 2.45) is 12.8 Å². The highest BCUT2D eigenvalue weighted by Crippen LogP contribution is 2.39. The number of aryl methyl sites for hydroxylation is 1. The van der Waals surface area contributed by atoms with E-state index in [1.165, 1.54) is 13.1 Å². The maximum absolute atomic E-state index is 15.0.